The van der Waals surface area contributed by atoms with Gasteiger partial charge in [-0.15, -0.1) is 0 Å². The van der Waals surface area contributed by atoms with Crippen molar-refractivity contribution in [2.24, 2.45) is 0 Å². The molecular formula is C17H23N3S. The summed E-state index contributed by atoms with van der Waals surface area (Å²) in [6, 6.07) is 5.06. The van der Waals surface area contributed by atoms with Gasteiger partial charge in [0.1, 0.15) is 0 Å². The molecule has 3 rings (SSSR count). The maximum atomic E-state index is 4.67. The highest BCUT2D eigenvalue weighted by atomic mass is 32.1. The molecular weight excluding hydrogens is 278 g/mol. The Kier molecular flexibility index (Phi) is 4.56. The van der Waals surface area contributed by atoms with Crippen LogP contribution in [0, 0.1) is 0 Å². The lowest BCUT2D eigenvalue weighted by Gasteiger charge is -2.30. The smallest absolute Gasteiger partial charge is 0.0654 e. The molecule has 0 unspecified atom stereocenters. The van der Waals surface area contributed by atoms with E-state index in [9.17, 15) is 0 Å². The highest BCUT2D eigenvalue weighted by Crippen LogP contribution is 2.37. The predicted molar refractivity (Wildman–Crippen MR) is 90.3 cm³/mol. The molecule has 2 aromatic heterocycles. The first-order valence-corrected chi connectivity index (χ1v) is 8.69. The van der Waals surface area contributed by atoms with Crippen molar-refractivity contribution in [3.63, 3.8) is 0 Å². The van der Waals surface area contributed by atoms with Crippen LogP contribution < -0.4 is 10.2 Å². The second-order valence-electron chi connectivity index (χ2n) is 5.57. The first-order chi connectivity index (χ1) is 10.3. The van der Waals surface area contributed by atoms with Crippen LogP contribution in [0.25, 0.3) is 0 Å². The fraction of sp³-hybridized carbons (Fsp3) is 0.471. The van der Waals surface area contributed by atoms with E-state index in [0.717, 1.165) is 32.4 Å². The average Bonchev–Trinajstić information content (AvgIpc) is 3.17. The van der Waals surface area contributed by atoms with Crippen molar-refractivity contribution in [2.75, 3.05) is 25.0 Å². The highest BCUT2D eigenvalue weighted by molar-refractivity contribution is 7.08. The van der Waals surface area contributed by atoms with Gasteiger partial charge in [0.2, 0.25) is 0 Å². The number of anilines is 1. The van der Waals surface area contributed by atoms with E-state index in [-0.39, 0.29) is 0 Å². The number of aromatic nitrogens is 1. The van der Waals surface area contributed by atoms with Gasteiger partial charge in [0.15, 0.2) is 0 Å². The highest BCUT2D eigenvalue weighted by Gasteiger charge is 2.28. The van der Waals surface area contributed by atoms with Gasteiger partial charge in [-0.25, -0.2) is 0 Å². The second kappa shape index (κ2) is 6.58. The Labute approximate surface area is 131 Å². The lowest BCUT2D eigenvalue weighted by molar-refractivity contribution is 0.570. The van der Waals surface area contributed by atoms with Crippen LogP contribution in [0.3, 0.4) is 0 Å². The van der Waals surface area contributed by atoms with E-state index in [1.165, 1.54) is 22.5 Å². The summed E-state index contributed by atoms with van der Waals surface area (Å²) in [5.74, 6) is 0. The first-order valence-electron chi connectivity index (χ1n) is 7.74. The van der Waals surface area contributed by atoms with Gasteiger partial charge in [0, 0.05) is 19.2 Å². The number of aryl methyl sites for hydroxylation is 1. The molecule has 112 valence electrons. The number of hydrogen-bond acceptors (Lipinski definition) is 4. The van der Waals surface area contributed by atoms with Crippen molar-refractivity contribution in [3.05, 3.63) is 45.9 Å². The average molecular weight is 301 g/mol. The summed E-state index contributed by atoms with van der Waals surface area (Å²) in [6.07, 6.45) is 5.28. The van der Waals surface area contributed by atoms with Gasteiger partial charge in [0.25, 0.3) is 0 Å². The Morgan fingerprint density at radius 2 is 2.38 bits per heavy atom. The molecule has 3 nitrogen and oxygen atoms in total. The Morgan fingerprint density at radius 1 is 1.48 bits per heavy atom. The van der Waals surface area contributed by atoms with Crippen LogP contribution in [0.1, 0.15) is 36.2 Å². The Morgan fingerprint density at radius 3 is 3.10 bits per heavy atom. The van der Waals surface area contributed by atoms with Crippen LogP contribution in [0.4, 0.5) is 5.69 Å². The zero-order valence-electron chi connectivity index (χ0n) is 12.8. The van der Waals surface area contributed by atoms with Crippen molar-refractivity contribution in [1.29, 1.82) is 0 Å². The third-order valence-electron chi connectivity index (χ3n) is 4.28. The number of nitrogens with one attached hydrogen (secondary N) is 1. The standard InChI is InChI=1S/C17H23N3S/c1-3-13-10-17-15(19-11-13)5-8-20(17)16(4-7-18-2)14-6-9-21-12-14/h6,9-12,16,18H,3-5,7-8H2,1-2H3/t16-/m0/s1. The molecule has 1 aliphatic heterocycles. The number of hydrogen-bond donors (Lipinski definition) is 1. The molecule has 1 aliphatic rings. The fourth-order valence-corrected chi connectivity index (χ4v) is 3.78. The summed E-state index contributed by atoms with van der Waals surface area (Å²) in [4.78, 5) is 7.23. The molecule has 4 heteroatoms. The van der Waals surface area contributed by atoms with Gasteiger partial charge in [-0.2, -0.15) is 11.3 Å². The van der Waals surface area contributed by atoms with E-state index in [0.29, 0.717) is 6.04 Å². The largest absolute Gasteiger partial charge is 0.363 e. The normalized spacial score (nSPS) is 15.2. The summed E-state index contributed by atoms with van der Waals surface area (Å²) < 4.78 is 0. The number of thiophene rings is 1. The number of fused-ring (bicyclic) bond motifs is 1. The van der Waals surface area contributed by atoms with Crippen molar-refractivity contribution >= 4 is 17.0 Å². The van der Waals surface area contributed by atoms with Gasteiger partial charge >= 0.3 is 0 Å². The SMILES string of the molecule is CCc1cnc2c(c1)N([C@@H](CCNC)c1ccsc1)CC2. The van der Waals surface area contributed by atoms with E-state index < -0.39 is 0 Å². The van der Waals surface area contributed by atoms with Crippen LogP contribution in [0.15, 0.2) is 29.1 Å². The van der Waals surface area contributed by atoms with Crippen LogP contribution in [-0.2, 0) is 12.8 Å². The molecule has 0 radical (unpaired) electrons. The maximum Gasteiger partial charge on any atom is 0.0654 e. The van der Waals surface area contributed by atoms with Crippen molar-refractivity contribution in [1.82, 2.24) is 10.3 Å². The maximum absolute atomic E-state index is 4.67. The molecule has 0 saturated carbocycles. The Bertz CT molecular complexity index is 580. The lowest BCUT2D eigenvalue weighted by Crippen LogP contribution is -2.29. The van der Waals surface area contributed by atoms with Gasteiger partial charge < -0.3 is 10.2 Å². The number of nitrogens with zero attached hydrogens (tertiary/aromatic N) is 2. The van der Waals surface area contributed by atoms with E-state index in [4.69, 9.17) is 0 Å². The topological polar surface area (TPSA) is 28.2 Å². The minimum atomic E-state index is 0.457. The zero-order chi connectivity index (χ0) is 14.7. The molecule has 0 aromatic carbocycles. The van der Waals surface area contributed by atoms with Gasteiger partial charge in [-0.1, -0.05) is 6.92 Å². The van der Waals surface area contributed by atoms with E-state index in [1.807, 2.05) is 13.2 Å². The number of pyridine rings is 1. The molecule has 0 aliphatic carbocycles. The van der Waals surface area contributed by atoms with Gasteiger partial charge in [-0.05, 0) is 60.5 Å². The minimum absolute atomic E-state index is 0.457. The molecule has 0 amide bonds. The summed E-state index contributed by atoms with van der Waals surface area (Å²) in [5, 5.41) is 7.76. The van der Waals surface area contributed by atoms with Crippen molar-refractivity contribution in [2.45, 2.75) is 32.2 Å². The predicted octanol–water partition coefficient (Wildman–Crippen LogP) is 3.42. The number of rotatable bonds is 6. The molecule has 0 fully saturated rings. The summed E-state index contributed by atoms with van der Waals surface area (Å²) >= 11 is 1.79. The Hall–Kier alpha value is -1.39. The third-order valence-corrected chi connectivity index (χ3v) is 4.98. The van der Waals surface area contributed by atoms with Crippen LogP contribution in [-0.4, -0.2) is 25.1 Å². The third kappa shape index (κ3) is 2.97. The van der Waals surface area contributed by atoms with Crippen molar-refractivity contribution < 1.29 is 0 Å². The van der Waals surface area contributed by atoms with Crippen LogP contribution >= 0.6 is 11.3 Å². The quantitative estimate of drug-likeness (QED) is 0.886. The zero-order valence-corrected chi connectivity index (χ0v) is 13.6. The summed E-state index contributed by atoms with van der Waals surface area (Å²) in [7, 11) is 2.03. The molecule has 0 bridgehead atoms. The second-order valence-corrected chi connectivity index (χ2v) is 6.35. The van der Waals surface area contributed by atoms with E-state index in [1.54, 1.807) is 11.3 Å². The van der Waals surface area contributed by atoms with E-state index in [2.05, 4.69) is 45.0 Å². The molecule has 21 heavy (non-hydrogen) atoms. The molecule has 0 spiro atoms. The molecule has 2 aromatic rings. The van der Waals surface area contributed by atoms with Crippen LogP contribution in [0.2, 0.25) is 0 Å². The molecule has 3 heterocycles. The van der Waals surface area contributed by atoms with Gasteiger partial charge in [-0.3, -0.25) is 4.98 Å². The van der Waals surface area contributed by atoms with Gasteiger partial charge in [0.05, 0.1) is 17.4 Å². The molecule has 0 saturated heterocycles. The lowest BCUT2D eigenvalue weighted by atomic mass is 10.0. The van der Waals surface area contributed by atoms with Crippen LogP contribution in [0.5, 0.6) is 0 Å². The molecule has 1 atom stereocenters. The fourth-order valence-electron chi connectivity index (χ4n) is 3.08. The van der Waals surface area contributed by atoms with Crippen molar-refractivity contribution in [3.8, 4) is 0 Å². The Balaban J connectivity index is 1.91. The van der Waals surface area contributed by atoms with E-state index >= 15 is 0 Å². The molecule has 1 N–H and O–H groups in total. The minimum Gasteiger partial charge on any atom is -0.363 e. The monoisotopic (exact) mass is 301 g/mol. The summed E-state index contributed by atoms with van der Waals surface area (Å²) in [5.41, 5.74) is 5.38. The first kappa shape index (κ1) is 14.5. The summed E-state index contributed by atoms with van der Waals surface area (Å²) in [6.45, 7) is 4.31.